The van der Waals surface area contributed by atoms with Gasteiger partial charge in [0.1, 0.15) is 0 Å². The van der Waals surface area contributed by atoms with Crippen molar-refractivity contribution in [3.63, 3.8) is 0 Å². The van der Waals surface area contributed by atoms with E-state index in [-0.39, 0.29) is 5.41 Å². The maximum Gasteiger partial charge on any atom is 0.0788 e. The first-order valence-electron chi connectivity index (χ1n) is 51.3. The van der Waals surface area contributed by atoms with Crippen LogP contribution in [0.25, 0.3) is 286 Å². The molecule has 0 amide bonds. The molecule has 0 aliphatic heterocycles. The first-order chi connectivity index (χ1) is 73.6. The lowest BCUT2D eigenvalue weighted by molar-refractivity contribution is 0.660. The molecule has 33 rings (SSSR count). The Morgan fingerprint density at radius 1 is 0.168 bits per heavy atom. The van der Waals surface area contributed by atoms with Gasteiger partial charge in [0.05, 0.1) is 60.7 Å². The molecule has 32 aromatic rings. The maximum absolute atomic E-state index is 2.53. The van der Waals surface area contributed by atoms with Gasteiger partial charge in [-0.3, -0.25) is 0 Å². The van der Waals surface area contributed by atoms with Gasteiger partial charge in [-0.25, -0.2) is 0 Å². The Hall–Kier alpha value is -18.2. The molecular formula is C140H90N6S3. The SMILES string of the molecule is CC1(C)c2ccccc2-c2ccc(-n3c4ccccc4c4ccc5c6ccccc6n(-c6ccc(-c7cccc8c7sc7ccccc78)cc6)c5c43)cc21.Cn1c2ccccc2c2ccc3c4ccccc4n(-c4ccc(-c5cccc6c5sc5ccccc56)cc4)c3c21.c1ccc2cc(-c3ccc(-n4c5ccccc5c5ccc6c7ccccc7n(-c7ccc(-c8cccc9c8sc8ccccc89)cc7)c6c54)cc3)ccc2c1. The molecule has 0 radical (unpaired) electrons. The zero-order valence-electron chi connectivity index (χ0n) is 81.7. The van der Waals surface area contributed by atoms with Crippen molar-refractivity contribution in [2.45, 2.75) is 19.3 Å². The Morgan fingerprint density at radius 2 is 0.436 bits per heavy atom. The van der Waals surface area contributed by atoms with Crippen molar-refractivity contribution in [3.05, 3.63) is 503 Å². The average Bonchev–Trinajstić information content (AvgIpc) is 1.54. The Labute approximate surface area is 869 Å². The number of nitrogens with zero attached hydrogens (tertiary/aromatic N) is 6. The van der Waals surface area contributed by atoms with Crippen molar-refractivity contribution in [2.24, 2.45) is 7.05 Å². The minimum absolute atomic E-state index is 0.0904. The van der Waals surface area contributed by atoms with E-state index in [4.69, 9.17) is 0 Å². The smallest absolute Gasteiger partial charge is 0.0788 e. The number of para-hydroxylation sites is 6. The van der Waals surface area contributed by atoms with Crippen molar-refractivity contribution >= 4 is 236 Å². The normalized spacial score (nSPS) is 12.6. The van der Waals surface area contributed by atoms with Crippen molar-refractivity contribution in [1.82, 2.24) is 27.4 Å². The second-order valence-corrected chi connectivity index (χ2v) is 43.6. The Balaban J connectivity index is 0.000000102. The highest BCUT2D eigenvalue weighted by atomic mass is 32.1. The summed E-state index contributed by atoms with van der Waals surface area (Å²) < 4.78 is 22.8. The van der Waals surface area contributed by atoms with Crippen LogP contribution in [0.15, 0.2) is 491 Å². The van der Waals surface area contributed by atoms with Crippen molar-refractivity contribution in [1.29, 1.82) is 0 Å². The van der Waals surface area contributed by atoms with E-state index in [0.29, 0.717) is 0 Å². The molecule has 149 heavy (non-hydrogen) atoms. The van der Waals surface area contributed by atoms with Gasteiger partial charge in [0, 0.05) is 172 Å². The highest BCUT2D eigenvalue weighted by Crippen LogP contribution is 2.54. The lowest BCUT2D eigenvalue weighted by Crippen LogP contribution is -2.15. The predicted molar refractivity (Wildman–Crippen MR) is 640 cm³/mol. The average molecular weight is 1950 g/mol. The summed E-state index contributed by atoms with van der Waals surface area (Å²) in [6, 6.07) is 181. The van der Waals surface area contributed by atoms with Gasteiger partial charge in [-0.2, -0.15) is 0 Å². The Kier molecular flexibility index (Phi) is 19.0. The molecule has 23 aromatic carbocycles. The number of rotatable bonds is 9. The summed E-state index contributed by atoms with van der Waals surface area (Å²) in [5, 5.41) is 25.7. The van der Waals surface area contributed by atoms with E-state index in [0.717, 1.165) is 17.1 Å². The number of aromatic nitrogens is 6. The summed E-state index contributed by atoms with van der Waals surface area (Å²) in [6.07, 6.45) is 0. The molecule has 0 saturated heterocycles. The maximum atomic E-state index is 2.53. The van der Waals surface area contributed by atoms with Crippen LogP contribution in [-0.2, 0) is 12.5 Å². The molecule has 9 aromatic heterocycles. The minimum Gasteiger partial charge on any atom is -0.342 e. The van der Waals surface area contributed by atoms with Crippen LogP contribution in [0.2, 0.25) is 0 Å². The minimum atomic E-state index is -0.0904. The highest BCUT2D eigenvalue weighted by molar-refractivity contribution is 7.27. The van der Waals surface area contributed by atoms with Crippen LogP contribution in [-0.4, -0.2) is 27.4 Å². The van der Waals surface area contributed by atoms with E-state index < -0.39 is 0 Å². The zero-order valence-corrected chi connectivity index (χ0v) is 84.1. The third-order valence-electron chi connectivity index (χ3n) is 32.2. The van der Waals surface area contributed by atoms with Gasteiger partial charge < -0.3 is 27.4 Å². The van der Waals surface area contributed by atoms with Crippen molar-refractivity contribution in [3.8, 4) is 84.1 Å². The van der Waals surface area contributed by atoms with Crippen molar-refractivity contribution < 1.29 is 0 Å². The molecule has 1 aliphatic carbocycles. The van der Waals surface area contributed by atoms with Crippen LogP contribution < -0.4 is 0 Å². The molecule has 6 nitrogen and oxygen atoms in total. The number of thiophene rings is 3. The number of benzene rings is 23. The van der Waals surface area contributed by atoms with Gasteiger partial charge in [-0.05, 0) is 199 Å². The van der Waals surface area contributed by atoms with Crippen LogP contribution in [0, 0.1) is 0 Å². The summed E-state index contributed by atoms with van der Waals surface area (Å²) >= 11 is 5.66. The molecule has 0 atom stereocenters. The molecule has 1 aliphatic rings. The zero-order chi connectivity index (χ0) is 98.1. The highest BCUT2D eigenvalue weighted by Gasteiger charge is 2.37. The third kappa shape index (κ3) is 12.9. The quantitative estimate of drug-likeness (QED) is 0.138. The number of hydrogen-bond acceptors (Lipinski definition) is 3. The van der Waals surface area contributed by atoms with E-state index in [1.807, 2.05) is 34.0 Å². The molecule has 0 spiro atoms. The largest absolute Gasteiger partial charge is 0.342 e. The standard InChI is InChI=1S/C52H32N2S.C51H34N2S.C37H24N2S/c1-2-11-36-32-37(21-20-33(36)10-1)34-22-26-38(27-23-34)53-47-17-6-3-12-41(47)44-30-31-45-42-13-4-7-18-48(42)54(51(45)50(44)53)39-28-24-35(25-29-39)40-15-9-16-46-43-14-5-8-19-49(43)55-52(40)46;1-51(2)43-18-7-3-12-35(43)36-27-26-33(30-44(36)51)53-46-20-9-5-14-38(46)41-29-28-40-37-13-4-8-19-45(37)52(48(40)49(41)53)32-24-22-31(23-25-32)34-16-11-17-42-39-15-6-10-21-47(39)54-50(34)42;1-38-32-14-5-2-9-26(32)29-21-22-30-27-10-3-6-15-33(27)39(36(30)35(29)38)24-19-17-23(18-20-24)25-12-8-13-31-28-11-4-7-16-34(28)40-37(25)31/h1-32H;3-30H,1-2H3;2-22H,1H3. The fraction of sp³-hybridized carbons (Fsp3) is 0.0286. The fourth-order valence-corrected chi connectivity index (χ4v) is 29.1. The molecule has 0 unspecified atom stereocenters. The molecule has 0 fully saturated rings. The summed E-state index contributed by atoms with van der Waals surface area (Å²) in [5.41, 5.74) is 35.9. The Morgan fingerprint density at radius 3 is 0.826 bits per heavy atom. The molecule has 0 saturated carbocycles. The Bertz CT molecular complexity index is 11200. The third-order valence-corrected chi connectivity index (χ3v) is 35.9. The van der Waals surface area contributed by atoms with E-state index in [2.05, 4.69) is 540 Å². The number of hydrogen-bond donors (Lipinski definition) is 0. The summed E-state index contributed by atoms with van der Waals surface area (Å²) in [4.78, 5) is 0. The van der Waals surface area contributed by atoms with Gasteiger partial charge in [0.15, 0.2) is 0 Å². The number of fused-ring (bicyclic) bond motifs is 34. The summed E-state index contributed by atoms with van der Waals surface area (Å²) in [7, 11) is 2.20. The summed E-state index contributed by atoms with van der Waals surface area (Å²) in [6.45, 7) is 4.74. The predicted octanol–water partition coefficient (Wildman–Crippen LogP) is 39.4. The van der Waals surface area contributed by atoms with E-state index >= 15 is 0 Å². The summed E-state index contributed by atoms with van der Waals surface area (Å²) in [5.74, 6) is 0. The second kappa shape index (κ2) is 33.2. The van der Waals surface area contributed by atoms with E-state index in [1.54, 1.807) is 0 Å². The van der Waals surface area contributed by atoms with Gasteiger partial charge >= 0.3 is 0 Å². The van der Waals surface area contributed by atoms with Crippen LogP contribution in [0.5, 0.6) is 0 Å². The first kappa shape index (κ1) is 85.2. The first-order valence-corrected chi connectivity index (χ1v) is 53.7. The number of aryl methyl sites for hydroxylation is 1. The second-order valence-electron chi connectivity index (χ2n) is 40.4. The van der Waals surface area contributed by atoms with Gasteiger partial charge in [0.2, 0.25) is 0 Å². The van der Waals surface area contributed by atoms with E-state index in [1.165, 1.54) is 280 Å². The lowest BCUT2D eigenvalue weighted by atomic mass is 9.82. The van der Waals surface area contributed by atoms with Crippen LogP contribution in [0.3, 0.4) is 0 Å². The van der Waals surface area contributed by atoms with Crippen LogP contribution in [0.1, 0.15) is 25.0 Å². The monoisotopic (exact) mass is 1950 g/mol. The topological polar surface area (TPSA) is 29.6 Å². The van der Waals surface area contributed by atoms with Crippen molar-refractivity contribution in [2.75, 3.05) is 0 Å². The van der Waals surface area contributed by atoms with Crippen LogP contribution >= 0.6 is 34.0 Å². The molecule has 0 N–H and O–H groups in total. The molecule has 698 valence electrons. The molecular weight excluding hydrogens is 1860 g/mol. The molecule has 9 heterocycles. The van der Waals surface area contributed by atoms with E-state index in [9.17, 15) is 0 Å². The molecule has 9 heteroatoms. The van der Waals surface area contributed by atoms with Crippen LogP contribution in [0.4, 0.5) is 0 Å². The van der Waals surface area contributed by atoms with Gasteiger partial charge in [0.25, 0.3) is 0 Å². The fourth-order valence-electron chi connectivity index (χ4n) is 25.4. The molecule has 0 bridgehead atoms. The van der Waals surface area contributed by atoms with Gasteiger partial charge in [-0.1, -0.05) is 384 Å². The van der Waals surface area contributed by atoms with Gasteiger partial charge in [-0.15, -0.1) is 34.0 Å². The lowest BCUT2D eigenvalue weighted by Gasteiger charge is -2.22.